The fourth-order valence-electron chi connectivity index (χ4n) is 2.65. The Kier molecular flexibility index (Phi) is 4.98. The minimum absolute atomic E-state index is 0.0986. The number of piperidine rings is 1. The minimum atomic E-state index is -0.158. The molecular formula is C16H20N6O. The average molecular weight is 312 g/mol. The Morgan fingerprint density at radius 1 is 1.26 bits per heavy atom. The van der Waals surface area contributed by atoms with Crippen molar-refractivity contribution in [1.82, 2.24) is 25.6 Å². The summed E-state index contributed by atoms with van der Waals surface area (Å²) < 4.78 is 0. The summed E-state index contributed by atoms with van der Waals surface area (Å²) in [4.78, 5) is 26.7. The van der Waals surface area contributed by atoms with Crippen LogP contribution in [0, 0.1) is 0 Å². The molecule has 1 fully saturated rings. The lowest BCUT2D eigenvalue weighted by Crippen LogP contribution is -2.50. The Morgan fingerprint density at radius 2 is 2.13 bits per heavy atom. The van der Waals surface area contributed by atoms with Crippen LogP contribution in [0.25, 0.3) is 0 Å². The molecule has 1 saturated heterocycles. The SMILES string of the molecule is O=C(NCc1cccnc1)N[C@H]1CCCN(c2ncccn2)C1. The van der Waals surface area contributed by atoms with E-state index in [4.69, 9.17) is 0 Å². The third-order valence-electron chi connectivity index (χ3n) is 3.77. The molecule has 0 bridgehead atoms. The molecule has 0 unspecified atom stereocenters. The number of anilines is 1. The molecule has 0 aromatic carbocycles. The molecule has 1 aliphatic heterocycles. The summed E-state index contributed by atoms with van der Waals surface area (Å²) in [5.74, 6) is 0.717. The van der Waals surface area contributed by atoms with Crippen LogP contribution in [0.4, 0.5) is 10.7 Å². The van der Waals surface area contributed by atoms with Crippen LogP contribution in [-0.2, 0) is 6.54 Å². The second-order valence-electron chi connectivity index (χ2n) is 5.52. The molecule has 120 valence electrons. The van der Waals surface area contributed by atoms with Gasteiger partial charge in [-0.2, -0.15) is 0 Å². The molecule has 3 rings (SSSR count). The number of pyridine rings is 1. The van der Waals surface area contributed by atoms with E-state index >= 15 is 0 Å². The predicted molar refractivity (Wildman–Crippen MR) is 86.9 cm³/mol. The zero-order valence-electron chi connectivity index (χ0n) is 12.9. The summed E-state index contributed by atoms with van der Waals surface area (Å²) in [6.45, 7) is 2.11. The number of nitrogens with zero attached hydrogens (tertiary/aromatic N) is 4. The fourth-order valence-corrected chi connectivity index (χ4v) is 2.65. The molecule has 7 heteroatoms. The van der Waals surface area contributed by atoms with Crippen LogP contribution in [0.3, 0.4) is 0 Å². The van der Waals surface area contributed by atoms with E-state index in [1.54, 1.807) is 30.9 Å². The molecule has 23 heavy (non-hydrogen) atoms. The van der Waals surface area contributed by atoms with E-state index in [1.807, 2.05) is 12.1 Å². The predicted octanol–water partition coefficient (Wildman–Crippen LogP) is 1.34. The fraction of sp³-hybridized carbons (Fsp3) is 0.375. The van der Waals surface area contributed by atoms with Gasteiger partial charge >= 0.3 is 6.03 Å². The summed E-state index contributed by atoms with van der Waals surface area (Å²) in [5, 5.41) is 5.88. The molecule has 1 atom stereocenters. The summed E-state index contributed by atoms with van der Waals surface area (Å²) in [5.41, 5.74) is 0.977. The molecule has 2 amide bonds. The van der Waals surface area contributed by atoms with Crippen molar-refractivity contribution in [2.45, 2.75) is 25.4 Å². The van der Waals surface area contributed by atoms with Crippen LogP contribution in [0.5, 0.6) is 0 Å². The second kappa shape index (κ2) is 7.53. The molecule has 2 aromatic heterocycles. The van der Waals surface area contributed by atoms with Gasteiger partial charge < -0.3 is 15.5 Å². The maximum Gasteiger partial charge on any atom is 0.315 e. The smallest absolute Gasteiger partial charge is 0.315 e. The molecule has 0 spiro atoms. The molecule has 1 aliphatic rings. The van der Waals surface area contributed by atoms with Crippen LogP contribution in [0.1, 0.15) is 18.4 Å². The largest absolute Gasteiger partial charge is 0.339 e. The first-order valence-electron chi connectivity index (χ1n) is 7.76. The van der Waals surface area contributed by atoms with Crippen molar-refractivity contribution in [2.24, 2.45) is 0 Å². The Bertz CT molecular complexity index is 621. The van der Waals surface area contributed by atoms with E-state index in [1.165, 1.54) is 0 Å². The van der Waals surface area contributed by atoms with E-state index in [2.05, 4.69) is 30.5 Å². The highest BCUT2D eigenvalue weighted by Crippen LogP contribution is 2.15. The van der Waals surface area contributed by atoms with Crippen LogP contribution >= 0.6 is 0 Å². The Morgan fingerprint density at radius 3 is 2.91 bits per heavy atom. The number of amides is 2. The van der Waals surface area contributed by atoms with Gasteiger partial charge in [0.2, 0.25) is 5.95 Å². The van der Waals surface area contributed by atoms with Crippen molar-refractivity contribution in [3.05, 3.63) is 48.5 Å². The number of carbonyl (C=O) groups is 1. The molecule has 2 N–H and O–H groups in total. The Balaban J connectivity index is 1.48. The first kappa shape index (κ1) is 15.2. The van der Waals surface area contributed by atoms with Gasteiger partial charge in [0.15, 0.2) is 0 Å². The van der Waals surface area contributed by atoms with E-state index in [0.29, 0.717) is 6.54 Å². The summed E-state index contributed by atoms with van der Waals surface area (Å²) in [6, 6.07) is 5.53. The molecule has 0 saturated carbocycles. The third kappa shape index (κ3) is 4.38. The number of hydrogen-bond acceptors (Lipinski definition) is 5. The van der Waals surface area contributed by atoms with Gasteiger partial charge in [0.25, 0.3) is 0 Å². The van der Waals surface area contributed by atoms with Gasteiger partial charge in [-0.1, -0.05) is 6.07 Å². The lowest BCUT2D eigenvalue weighted by atomic mass is 10.1. The number of aromatic nitrogens is 3. The summed E-state index contributed by atoms with van der Waals surface area (Å²) >= 11 is 0. The average Bonchev–Trinajstić information content (AvgIpc) is 2.62. The molecule has 2 aromatic rings. The van der Waals surface area contributed by atoms with Crippen LogP contribution < -0.4 is 15.5 Å². The second-order valence-corrected chi connectivity index (χ2v) is 5.52. The lowest BCUT2D eigenvalue weighted by molar-refractivity contribution is 0.234. The molecule has 0 aliphatic carbocycles. The standard InChI is InChI=1S/C16H20N6O/c23-16(20-11-13-4-1-6-17-10-13)21-14-5-2-9-22(12-14)15-18-7-3-8-19-15/h1,3-4,6-8,10,14H,2,5,9,11-12H2,(H2,20,21,23)/t14-/m0/s1. The van der Waals surface area contributed by atoms with Gasteiger partial charge in [-0.25, -0.2) is 14.8 Å². The van der Waals surface area contributed by atoms with Crippen LogP contribution in [0.15, 0.2) is 43.0 Å². The maximum absolute atomic E-state index is 12.0. The van der Waals surface area contributed by atoms with Crippen molar-refractivity contribution in [3.63, 3.8) is 0 Å². The van der Waals surface area contributed by atoms with Crippen molar-refractivity contribution >= 4 is 12.0 Å². The van der Waals surface area contributed by atoms with Crippen molar-refractivity contribution in [2.75, 3.05) is 18.0 Å². The topological polar surface area (TPSA) is 83.0 Å². The van der Waals surface area contributed by atoms with Gasteiger partial charge in [-0.15, -0.1) is 0 Å². The van der Waals surface area contributed by atoms with Gasteiger partial charge in [0.05, 0.1) is 0 Å². The normalized spacial score (nSPS) is 17.6. The van der Waals surface area contributed by atoms with Crippen molar-refractivity contribution in [1.29, 1.82) is 0 Å². The third-order valence-corrected chi connectivity index (χ3v) is 3.77. The number of nitrogens with one attached hydrogen (secondary N) is 2. The Labute approximate surface area is 135 Å². The van der Waals surface area contributed by atoms with E-state index in [9.17, 15) is 4.79 Å². The highest BCUT2D eigenvalue weighted by molar-refractivity contribution is 5.74. The monoisotopic (exact) mass is 312 g/mol. The minimum Gasteiger partial charge on any atom is -0.339 e. The lowest BCUT2D eigenvalue weighted by Gasteiger charge is -2.33. The zero-order valence-corrected chi connectivity index (χ0v) is 12.9. The number of hydrogen-bond donors (Lipinski definition) is 2. The quantitative estimate of drug-likeness (QED) is 0.890. The first-order valence-corrected chi connectivity index (χ1v) is 7.76. The van der Waals surface area contributed by atoms with Gasteiger partial charge in [-0.3, -0.25) is 4.98 Å². The van der Waals surface area contributed by atoms with Gasteiger partial charge in [0, 0.05) is 50.5 Å². The highest BCUT2D eigenvalue weighted by atomic mass is 16.2. The van der Waals surface area contributed by atoms with Crippen LogP contribution in [0.2, 0.25) is 0 Å². The Hall–Kier alpha value is -2.70. The van der Waals surface area contributed by atoms with Gasteiger partial charge in [-0.05, 0) is 30.5 Å². The molecular weight excluding hydrogens is 292 g/mol. The first-order chi connectivity index (χ1) is 11.3. The van der Waals surface area contributed by atoms with Crippen molar-refractivity contribution in [3.8, 4) is 0 Å². The highest BCUT2D eigenvalue weighted by Gasteiger charge is 2.22. The number of rotatable bonds is 4. The molecule has 7 nitrogen and oxygen atoms in total. The maximum atomic E-state index is 12.0. The van der Waals surface area contributed by atoms with Gasteiger partial charge in [0.1, 0.15) is 0 Å². The van der Waals surface area contributed by atoms with E-state index in [0.717, 1.165) is 37.4 Å². The zero-order chi connectivity index (χ0) is 15.9. The molecule has 3 heterocycles. The van der Waals surface area contributed by atoms with Crippen LogP contribution in [-0.4, -0.2) is 40.1 Å². The molecule has 0 radical (unpaired) electrons. The number of carbonyl (C=O) groups excluding carboxylic acids is 1. The van der Waals surface area contributed by atoms with E-state index in [-0.39, 0.29) is 12.1 Å². The van der Waals surface area contributed by atoms with E-state index < -0.39 is 0 Å². The summed E-state index contributed by atoms with van der Waals surface area (Å²) in [6.07, 6.45) is 8.90. The number of urea groups is 1. The van der Waals surface area contributed by atoms with Crippen molar-refractivity contribution < 1.29 is 4.79 Å². The summed E-state index contributed by atoms with van der Waals surface area (Å²) in [7, 11) is 0.